The molecule has 25 heavy (non-hydrogen) atoms. The van der Waals surface area contributed by atoms with Crippen LogP contribution in [0.1, 0.15) is 16.9 Å². The van der Waals surface area contributed by atoms with Gasteiger partial charge in [-0.25, -0.2) is 0 Å². The van der Waals surface area contributed by atoms with Crippen LogP contribution >= 0.6 is 11.6 Å². The van der Waals surface area contributed by atoms with Crippen molar-refractivity contribution in [1.82, 2.24) is 10.3 Å². The molecule has 1 N–H and O–H groups in total. The summed E-state index contributed by atoms with van der Waals surface area (Å²) in [6, 6.07) is 13.2. The molecule has 3 rings (SSSR count). The van der Waals surface area contributed by atoms with Gasteiger partial charge in [-0.3, -0.25) is 9.78 Å². The molecule has 2 aromatic heterocycles. The van der Waals surface area contributed by atoms with E-state index in [1.54, 1.807) is 18.5 Å². The number of hydrogen-bond acceptors (Lipinski definition) is 3. The van der Waals surface area contributed by atoms with Gasteiger partial charge in [0.2, 0.25) is 5.91 Å². The molecule has 4 nitrogen and oxygen atoms in total. The van der Waals surface area contributed by atoms with E-state index < -0.39 is 0 Å². The second kappa shape index (κ2) is 7.81. The van der Waals surface area contributed by atoms with Crippen LogP contribution in [-0.4, -0.2) is 10.9 Å². The van der Waals surface area contributed by atoms with Crippen molar-refractivity contribution in [3.05, 3.63) is 82.8 Å². The normalized spacial score (nSPS) is 11.0. The summed E-state index contributed by atoms with van der Waals surface area (Å²) in [5.74, 6) is 1.11. The Morgan fingerprint density at radius 2 is 2.16 bits per heavy atom. The zero-order chi connectivity index (χ0) is 17.6. The fourth-order valence-electron chi connectivity index (χ4n) is 2.25. The Hall–Kier alpha value is -2.85. The molecule has 3 aromatic rings. The summed E-state index contributed by atoms with van der Waals surface area (Å²) in [5, 5.41) is 3.49. The predicted octanol–water partition coefficient (Wildman–Crippen LogP) is 4.63. The van der Waals surface area contributed by atoms with Crippen LogP contribution in [0.15, 0.2) is 65.4 Å². The Balaban J connectivity index is 1.61. The highest BCUT2D eigenvalue weighted by molar-refractivity contribution is 6.31. The highest BCUT2D eigenvalue weighted by Gasteiger charge is 2.05. The monoisotopic (exact) mass is 352 g/mol. The Morgan fingerprint density at radius 3 is 2.92 bits per heavy atom. The molecule has 0 aliphatic rings. The van der Waals surface area contributed by atoms with Crippen molar-refractivity contribution < 1.29 is 9.21 Å². The average molecular weight is 353 g/mol. The number of benzene rings is 1. The van der Waals surface area contributed by atoms with E-state index in [1.807, 2.05) is 49.4 Å². The molecule has 0 unspecified atom stereocenters. The van der Waals surface area contributed by atoms with Crippen LogP contribution < -0.4 is 5.32 Å². The van der Waals surface area contributed by atoms with Crippen LogP contribution in [-0.2, 0) is 11.3 Å². The number of aromatic nitrogens is 1. The first-order valence-corrected chi connectivity index (χ1v) is 8.21. The van der Waals surface area contributed by atoms with Crippen molar-refractivity contribution >= 4 is 23.6 Å². The maximum Gasteiger partial charge on any atom is 0.244 e. The Morgan fingerprint density at radius 1 is 1.28 bits per heavy atom. The Labute approximate surface area is 151 Å². The molecule has 0 aliphatic heterocycles. The van der Waals surface area contributed by atoms with Crippen molar-refractivity contribution in [3.8, 4) is 11.3 Å². The molecule has 1 amide bonds. The number of aryl methyl sites for hydroxylation is 1. The van der Waals surface area contributed by atoms with Gasteiger partial charge in [0, 0.05) is 35.6 Å². The number of carbonyl (C=O) groups excluding carboxylic acids is 1. The molecule has 2 heterocycles. The van der Waals surface area contributed by atoms with Gasteiger partial charge in [0.05, 0.1) is 0 Å². The molecule has 0 bridgehead atoms. The quantitative estimate of drug-likeness (QED) is 0.681. The highest BCUT2D eigenvalue weighted by atomic mass is 35.5. The molecule has 0 fully saturated rings. The van der Waals surface area contributed by atoms with Crippen molar-refractivity contribution in [1.29, 1.82) is 0 Å². The topological polar surface area (TPSA) is 55.1 Å². The number of carbonyl (C=O) groups is 1. The summed E-state index contributed by atoms with van der Waals surface area (Å²) in [7, 11) is 0. The third kappa shape index (κ3) is 4.58. The van der Waals surface area contributed by atoms with E-state index in [1.165, 1.54) is 6.08 Å². The SMILES string of the molecule is Cc1ccc(-c2ccc(/C=C/C(=O)NCc3cccnc3)o2)cc1Cl. The summed E-state index contributed by atoms with van der Waals surface area (Å²) >= 11 is 6.15. The fraction of sp³-hybridized carbons (Fsp3) is 0.100. The number of amides is 1. The summed E-state index contributed by atoms with van der Waals surface area (Å²) in [6.45, 7) is 2.38. The number of pyridine rings is 1. The van der Waals surface area contributed by atoms with Gasteiger partial charge in [0.15, 0.2) is 0 Å². The lowest BCUT2D eigenvalue weighted by atomic mass is 10.1. The van der Waals surface area contributed by atoms with E-state index in [9.17, 15) is 4.79 Å². The summed E-state index contributed by atoms with van der Waals surface area (Å²) in [4.78, 5) is 15.9. The third-order valence-corrected chi connectivity index (χ3v) is 4.08. The first-order valence-electron chi connectivity index (χ1n) is 7.83. The number of nitrogens with zero attached hydrogens (tertiary/aromatic N) is 1. The summed E-state index contributed by atoms with van der Waals surface area (Å²) in [6.07, 6.45) is 6.50. The minimum Gasteiger partial charge on any atom is -0.457 e. The molecular weight excluding hydrogens is 336 g/mol. The molecular formula is C20H17ClN2O2. The number of hydrogen-bond donors (Lipinski definition) is 1. The highest BCUT2D eigenvalue weighted by Crippen LogP contribution is 2.27. The molecule has 0 radical (unpaired) electrons. The van der Waals surface area contributed by atoms with Gasteiger partial charge in [-0.05, 0) is 48.4 Å². The predicted molar refractivity (Wildman–Crippen MR) is 99.0 cm³/mol. The standard InChI is InChI=1S/C20H17ClN2O2/c1-14-4-5-16(11-18(14)21)19-8-6-17(25-19)7-9-20(24)23-13-15-3-2-10-22-12-15/h2-12H,13H2,1H3,(H,23,24)/b9-7+. The van der Waals surface area contributed by atoms with Crippen LogP contribution in [0, 0.1) is 6.92 Å². The van der Waals surface area contributed by atoms with Crippen LogP contribution in [0.3, 0.4) is 0 Å². The molecule has 1 aromatic carbocycles. The molecule has 0 aliphatic carbocycles. The lowest BCUT2D eigenvalue weighted by molar-refractivity contribution is -0.116. The van der Waals surface area contributed by atoms with Crippen LogP contribution in [0.5, 0.6) is 0 Å². The number of rotatable bonds is 5. The van der Waals surface area contributed by atoms with E-state index in [0.29, 0.717) is 23.1 Å². The lowest BCUT2D eigenvalue weighted by Gasteiger charge is -2.01. The minimum absolute atomic E-state index is 0.194. The molecule has 0 atom stereocenters. The van der Waals surface area contributed by atoms with Crippen LogP contribution in [0.2, 0.25) is 5.02 Å². The number of furan rings is 1. The van der Waals surface area contributed by atoms with Gasteiger partial charge in [-0.1, -0.05) is 29.8 Å². The maximum absolute atomic E-state index is 11.9. The Kier molecular flexibility index (Phi) is 5.31. The van der Waals surface area contributed by atoms with Crippen molar-refractivity contribution in [2.24, 2.45) is 0 Å². The van der Waals surface area contributed by atoms with Gasteiger partial charge in [-0.2, -0.15) is 0 Å². The Bertz CT molecular complexity index is 901. The van der Waals surface area contributed by atoms with E-state index in [0.717, 1.165) is 16.7 Å². The molecule has 5 heteroatoms. The first kappa shape index (κ1) is 17.0. The van der Waals surface area contributed by atoms with Gasteiger partial charge in [0.25, 0.3) is 0 Å². The second-order valence-corrected chi connectivity index (χ2v) is 5.99. The summed E-state index contributed by atoms with van der Waals surface area (Å²) < 4.78 is 5.74. The minimum atomic E-state index is -0.194. The van der Waals surface area contributed by atoms with Crippen molar-refractivity contribution in [3.63, 3.8) is 0 Å². The third-order valence-electron chi connectivity index (χ3n) is 3.67. The van der Waals surface area contributed by atoms with E-state index in [-0.39, 0.29) is 5.91 Å². The van der Waals surface area contributed by atoms with Crippen molar-refractivity contribution in [2.45, 2.75) is 13.5 Å². The molecule has 0 saturated heterocycles. The van der Waals surface area contributed by atoms with E-state index >= 15 is 0 Å². The van der Waals surface area contributed by atoms with Crippen molar-refractivity contribution in [2.75, 3.05) is 0 Å². The van der Waals surface area contributed by atoms with Gasteiger partial charge in [0.1, 0.15) is 11.5 Å². The average Bonchev–Trinajstić information content (AvgIpc) is 3.10. The molecule has 0 saturated carbocycles. The largest absolute Gasteiger partial charge is 0.457 e. The lowest BCUT2D eigenvalue weighted by Crippen LogP contribution is -2.20. The maximum atomic E-state index is 11.9. The smallest absolute Gasteiger partial charge is 0.244 e. The van der Waals surface area contributed by atoms with Gasteiger partial charge >= 0.3 is 0 Å². The number of halogens is 1. The van der Waals surface area contributed by atoms with Crippen LogP contribution in [0.25, 0.3) is 17.4 Å². The summed E-state index contributed by atoms with van der Waals surface area (Å²) in [5.41, 5.74) is 2.86. The fourth-order valence-corrected chi connectivity index (χ4v) is 2.43. The molecule has 126 valence electrons. The van der Waals surface area contributed by atoms with Gasteiger partial charge < -0.3 is 9.73 Å². The van der Waals surface area contributed by atoms with E-state index in [2.05, 4.69) is 10.3 Å². The second-order valence-electron chi connectivity index (χ2n) is 5.58. The number of nitrogens with one attached hydrogen (secondary N) is 1. The zero-order valence-corrected chi connectivity index (χ0v) is 14.5. The molecule has 0 spiro atoms. The zero-order valence-electron chi connectivity index (χ0n) is 13.7. The first-order chi connectivity index (χ1) is 12.1. The van der Waals surface area contributed by atoms with E-state index in [4.69, 9.17) is 16.0 Å². The van der Waals surface area contributed by atoms with Gasteiger partial charge in [-0.15, -0.1) is 0 Å². The van der Waals surface area contributed by atoms with Crippen LogP contribution in [0.4, 0.5) is 0 Å².